The van der Waals surface area contributed by atoms with Crippen molar-refractivity contribution in [3.63, 3.8) is 0 Å². The zero-order valence-corrected chi connectivity index (χ0v) is 8.12. The molecule has 4 heteroatoms. The Labute approximate surface area is 77.8 Å². The molecular formula is C9H18O4. The summed E-state index contributed by atoms with van der Waals surface area (Å²) in [5.41, 5.74) is -1.21. The van der Waals surface area contributed by atoms with E-state index in [0.29, 0.717) is 12.8 Å². The highest BCUT2D eigenvalue weighted by atomic mass is 16.5. The third-order valence-corrected chi connectivity index (χ3v) is 3.27. The van der Waals surface area contributed by atoms with E-state index in [4.69, 9.17) is 0 Å². The molecular weight excluding hydrogens is 172 g/mol. The molecule has 1 aliphatic rings. The fourth-order valence-electron chi connectivity index (χ4n) is 2.37. The average molecular weight is 190 g/mol. The molecule has 0 aliphatic heterocycles. The lowest BCUT2D eigenvalue weighted by atomic mass is 9.71. The molecule has 0 bridgehead atoms. The minimum absolute atomic E-state index is 0.431. The molecule has 0 saturated heterocycles. The van der Waals surface area contributed by atoms with Crippen molar-refractivity contribution >= 4 is 0 Å². The summed E-state index contributed by atoms with van der Waals surface area (Å²) in [6.07, 6.45) is 2.46. The van der Waals surface area contributed by atoms with Gasteiger partial charge in [-0.25, -0.2) is 0 Å². The second-order valence-electron chi connectivity index (χ2n) is 4.33. The SMILES string of the molecule is CC(O)(O)C1(C(C)(O)O)CCCC1. The number of hydrogen-bond donors (Lipinski definition) is 4. The molecule has 13 heavy (non-hydrogen) atoms. The minimum Gasteiger partial charge on any atom is -0.365 e. The highest BCUT2D eigenvalue weighted by molar-refractivity contribution is 5.00. The van der Waals surface area contributed by atoms with Crippen LogP contribution in [0.15, 0.2) is 0 Å². The first-order chi connectivity index (χ1) is 5.71. The third kappa shape index (κ3) is 1.59. The summed E-state index contributed by atoms with van der Waals surface area (Å²) in [5, 5.41) is 38.2. The first-order valence-electron chi connectivity index (χ1n) is 4.60. The Kier molecular flexibility index (Phi) is 2.45. The van der Waals surface area contributed by atoms with Gasteiger partial charge in [0.25, 0.3) is 0 Å². The molecule has 1 saturated carbocycles. The minimum atomic E-state index is -2.04. The summed E-state index contributed by atoms with van der Waals surface area (Å²) < 4.78 is 0. The van der Waals surface area contributed by atoms with Crippen molar-refractivity contribution in [1.29, 1.82) is 0 Å². The Morgan fingerprint density at radius 3 is 1.31 bits per heavy atom. The van der Waals surface area contributed by atoms with E-state index in [0.717, 1.165) is 12.8 Å². The van der Waals surface area contributed by atoms with Crippen LogP contribution in [0.25, 0.3) is 0 Å². The number of hydrogen-bond acceptors (Lipinski definition) is 4. The molecule has 0 atom stereocenters. The van der Waals surface area contributed by atoms with Gasteiger partial charge in [0.15, 0.2) is 11.6 Å². The maximum atomic E-state index is 9.54. The Morgan fingerprint density at radius 1 is 0.846 bits per heavy atom. The standard InChI is InChI=1S/C9H18O4/c1-7(10,11)9(8(2,12)13)5-3-4-6-9/h10-13H,3-6H2,1-2H3. The lowest BCUT2D eigenvalue weighted by Crippen LogP contribution is -2.58. The Balaban J connectivity index is 3.02. The summed E-state index contributed by atoms with van der Waals surface area (Å²) >= 11 is 0. The molecule has 78 valence electrons. The van der Waals surface area contributed by atoms with E-state index in [1.54, 1.807) is 0 Å². The van der Waals surface area contributed by atoms with Gasteiger partial charge in [0.05, 0.1) is 5.41 Å². The van der Waals surface area contributed by atoms with Gasteiger partial charge in [-0.15, -0.1) is 0 Å². The first-order valence-corrected chi connectivity index (χ1v) is 4.60. The van der Waals surface area contributed by atoms with Gasteiger partial charge in [0.2, 0.25) is 0 Å². The zero-order chi connectivity index (χ0) is 10.3. The van der Waals surface area contributed by atoms with E-state index in [1.807, 2.05) is 0 Å². The molecule has 0 aromatic heterocycles. The molecule has 0 radical (unpaired) electrons. The second-order valence-corrected chi connectivity index (χ2v) is 4.33. The molecule has 0 aromatic rings. The fraction of sp³-hybridized carbons (Fsp3) is 1.00. The Hall–Kier alpha value is -0.160. The van der Waals surface area contributed by atoms with E-state index in [2.05, 4.69) is 0 Å². The normalized spacial score (nSPS) is 23.5. The monoisotopic (exact) mass is 190 g/mol. The van der Waals surface area contributed by atoms with Gasteiger partial charge in [0.1, 0.15) is 0 Å². The van der Waals surface area contributed by atoms with Crippen LogP contribution in [0, 0.1) is 5.41 Å². The smallest absolute Gasteiger partial charge is 0.170 e. The van der Waals surface area contributed by atoms with Crippen LogP contribution in [0.3, 0.4) is 0 Å². The van der Waals surface area contributed by atoms with Gasteiger partial charge in [-0.3, -0.25) is 0 Å². The summed E-state index contributed by atoms with van der Waals surface area (Å²) in [4.78, 5) is 0. The van der Waals surface area contributed by atoms with E-state index in [-0.39, 0.29) is 0 Å². The van der Waals surface area contributed by atoms with Gasteiger partial charge in [-0.05, 0) is 26.7 Å². The van der Waals surface area contributed by atoms with Crippen LogP contribution in [-0.4, -0.2) is 32.0 Å². The van der Waals surface area contributed by atoms with Crippen molar-refractivity contribution in [2.45, 2.75) is 51.1 Å². The van der Waals surface area contributed by atoms with Crippen molar-refractivity contribution in [3.05, 3.63) is 0 Å². The summed E-state index contributed by atoms with van der Waals surface area (Å²) in [7, 11) is 0. The lowest BCUT2D eigenvalue weighted by molar-refractivity contribution is -0.338. The zero-order valence-electron chi connectivity index (χ0n) is 8.12. The van der Waals surface area contributed by atoms with E-state index in [1.165, 1.54) is 13.8 Å². The van der Waals surface area contributed by atoms with Crippen LogP contribution in [0.5, 0.6) is 0 Å². The van der Waals surface area contributed by atoms with Crippen molar-refractivity contribution < 1.29 is 20.4 Å². The number of rotatable bonds is 2. The Bertz CT molecular complexity index is 165. The van der Waals surface area contributed by atoms with Gasteiger partial charge in [-0.1, -0.05) is 12.8 Å². The maximum Gasteiger partial charge on any atom is 0.170 e. The van der Waals surface area contributed by atoms with Crippen molar-refractivity contribution in [3.8, 4) is 0 Å². The molecule has 4 N–H and O–H groups in total. The molecule has 0 spiro atoms. The Morgan fingerprint density at radius 2 is 1.15 bits per heavy atom. The quantitative estimate of drug-likeness (QED) is 0.460. The van der Waals surface area contributed by atoms with Gasteiger partial charge >= 0.3 is 0 Å². The van der Waals surface area contributed by atoms with Crippen LogP contribution in [0.1, 0.15) is 39.5 Å². The van der Waals surface area contributed by atoms with Crippen LogP contribution in [0.2, 0.25) is 0 Å². The van der Waals surface area contributed by atoms with Gasteiger partial charge in [-0.2, -0.15) is 0 Å². The average Bonchev–Trinajstić information content (AvgIpc) is 2.28. The number of aliphatic hydroxyl groups is 4. The third-order valence-electron chi connectivity index (χ3n) is 3.27. The largest absolute Gasteiger partial charge is 0.365 e. The first kappa shape index (κ1) is 10.9. The van der Waals surface area contributed by atoms with E-state index < -0.39 is 17.0 Å². The van der Waals surface area contributed by atoms with Crippen molar-refractivity contribution in [2.75, 3.05) is 0 Å². The maximum absolute atomic E-state index is 9.54. The lowest BCUT2D eigenvalue weighted by Gasteiger charge is -2.45. The highest BCUT2D eigenvalue weighted by Crippen LogP contribution is 2.51. The predicted molar refractivity (Wildman–Crippen MR) is 46.6 cm³/mol. The van der Waals surface area contributed by atoms with Gasteiger partial charge < -0.3 is 20.4 Å². The molecule has 0 amide bonds. The topological polar surface area (TPSA) is 80.9 Å². The van der Waals surface area contributed by atoms with Crippen LogP contribution in [-0.2, 0) is 0 Å². The van der Waals surface area contributed by atoms with Crippen LogP contribution in [0.4, 0.5) is 0 Å². The van der Waals surface area contributed by atoms with Crippen LogP contribution >= 0.6 is 0 Å². The summed E-state index contributed by atoms with van der Waals surface area (Å²) in [5.74, 6) is -4.08. The van der Waals surface area contributed by atoms with E-state index >= 15 is 0 Å². The van der Waals surface area contributed by atoms with Crippen molar-refractivity contribution in [1.82, 2.24) is 0 Å². The van der Waals surface area contributed by atoms with Crippen molar-refractivity contribution in [2.24, 2.45) is 5.41 Å². The molecule has 1 fully saturated rings. The molecule has 0 aromatic carbocycles. The summed E-state index contributed by atoms with van der Waals surface area (Å²) in [6, 6.07) is 0. The molecule has 1 rings (SSSR count). The van der Waals surface area contributed by atoms with Gasteiger partial charge in [0, 0.05) is 0 Å². The molecule has 0 heterocycles. The predicted octanol–water partition coefficient (Wildman–Crippen LogP) is -0.0516. The molecule has 4 nitrogen and oxygen atoms in total. The highest BCUT2D eigenvalue weighted by Gasteiger charge is 2.58. The van der Waals surface area contributed by atoms with E-state index in [9.17, 15) is 20.4 Å². The molecule has 1 aliphatic carbocycles. The molecule has 0 unspecified atom stereocenters. The van der Waals surface area contributed by atoms with Crippen LogP contribution < -0.4 is 0 Å². The fourth-order valence-corrected chi connectivity index (χ4v) is 2.37. The second kappa shape index (κ2) is 2.92. The summed E-state index contributed by atoms with van der Waals surface area (Å²) in [6.45, 7) is 2.42.